The van der Waals surface area contributed by atoms with Gasteiger partial charge in [-0.15, -0.1) is 0 Å². The topological polar surface area (TPSA) is 43.4 Å². The summed E-state index contributed by atoms with van der Waals surface area (Å²) in [6, 6.07) is 31.8. The van der Waals surface area contributed by atoms with Crippen molar-refractivity contribution in [3.05, 3.63) is 120 Å². The van der Waals surface area contributed by atoms with E-state index in [0.29, 0.717) is 16.7 Å². The van der Waals surface area contributed by atoms with Crippen LogP contribution >= 0.6 is 0 Å². The Bertz CT molecular complexity index is 1160. The zero-order valence-electron chi connectivity index (χ0n) is 16.5. The van der Waals surface area contributed by atoms with E-state index in [0.717, 1.165) is 22.6 Å². The third-order valence-electron chi connectivity index (χ3n) is 4.87. The number of rotatable bonds is 6. The lowest BCUT2D eigenvalue weighted by Gasteiger charge is -2.08. The first-order valence-electron chi connectivity index (χ1n) is 9.69. The van der Waals surface area contributed by atoms with Crippen LogP contribution in [0.1, 0.15) is 33.2 Å². The number of hydrogen-bond donors (Lipinski definition) is 0. The molecule has 0 spiro atoms. The predicted molar refractivity (Wildman–Crippen MR) is 118 cm³/mol. The highest BCUT2D eigenvalue weighted by Gasteiger charge is 2.10. The summed E-state index contributed by atoms with van der Waals surface area (Å²) in [6.45, 7) is 1.51. The lowest BCUT2D eigenvalue weighted by atomic mass is 9.98. The molecule has 3 nitrogen and oxygen atoms in total. The van der Waals surface area contributed by atoms with Gasteiger partial charge in [0.1, 0.15) is 11.5 Å². The highest BCUT2D eigenvalue weighted by Crippen LogP contribution is 2.26. The second kappa shape index (κ2) is 8.58. The molecular weight excluding hydrogens is 372 g/mol. The van der Waals surface area contributed by atoms with Gasteiger partial charge in [0.15, 0.2) is 11.6 Å². The van der Waals surface area contributed by atoms with Crippen molar-refractivity contribution in [3.63, 3.8) is 0 Å². The van der Waals surface area contributed by atoms with Gasteiger partial charge < -0.3 is 4.74 Å². The van der Waals surface area contributed by atoms with Crippen LogP contribution in [-0.4, -0.2) is 11.6 Å². The molecule has 0 radical (unpaired) electrons. The third kappa shape index (κ3) is 4.36. The molecule has 0 aliphatic rings. The molecule has 0 atom stereocenters. The van der Waals surface area contributed by atoms with Crippen LogP contribution in [0, 0.1) is 0 Å². The molecule has 0 amide bonds. The molecule has 0 saturated carbocycles. The van der Waals surface area contributed by atoms with Crippen LogP contribution in [-0.2, 0) is 0 Å². The number of ether oxygens (including phenoxy) is 1. The van der Waals surface area contributed by atoms with Crippen LogP contribution in [0.3, 0.4) is 0 Å². The number of carbonyl (C=O) groups excluding carboxylic acids is 2. The van der Waals surface area contributed by atoms with Crippen molar-refractivity contribution in [1.82, 2.24) is 0 Å². The summed E-state index contributed by atoms with van der Waals surface area (Å²) in [7, 11) is 0. The fraction of sp³-hybridized carbons (Fsp3) is 0.0370. The van der Waals surface area contributed by atoms with Gasteiger partial charge in [0.25, 0.3) is 0 Å². The normalized spacial score (nSPS) is 10.4. The van der Waals surface area contributed by atoms with Crippen molar-refractivity contribution in [3.8, 4) is 22.6 Å². The molecule has 0 aromatic heterocycles. The Labute approximate surface area is 175 Å². The Kier molecular flexibility index (Phi) is 5.53. The van der Waals surface area contributed by atoms with E-state index in [-0.39, 0.29) is 11.6 Å². The van der Waals surface area contributed by atoms with Crippen molar-refractivity contribution in [2.24, 2.45) is 0 Å². The van der Waals surface area contributed by atoms with Gasteiger partial charge in [0.2, 0.25) is 0 Å². The van der Waals surface area contributed by atoms with Crippen molar-refractivity contribution in [2.45, 2.75) is 6.92 Å². The number of ketones is 2. The maximum absolute atomic E-state index is 12.7. The molecule has 146 valence electrons. The third-order valence-corrected chi connectivity index (χ3v) is 4.87. The lowest BCUT2D eigenvalue weighted by molar-refractivity contribution is 0.101. The van der Waals surface area contributed by atoms with Gasteiger partial charge in [-0.3, -0.25) is 9.59 Å². The quantitative estimate of drug-likeness (QED) is 0.348. The second-order valence-corrected chi connectivity index (χ2v) is 6.98. The number of para-hydroxylation sites is 1. The van der Waals surface area contributed by atoms with Crippen LogP contribution in [0.15, 0.2) is 103 Å². The number of hydrogen-bond acceptors (Lipinski definition) is 3. The minimum Gasteiger partial charge on any atom is -0.457 e. The molecule has 4 aromatic rings. The van der Waals surface area contributed by atoms with Crippen LogP contribution in [0.5, 0.6) is 11.5 Å². The Morgan fingerprint density at radius 2 is 0.967 bits per heavy atom. The zero-order valence-corrected chi connectivity index (χ0v) is 16.5. The molecule has 4 rings (SSSR count). The summed E-state index contributed by atoms with van der Waals surface area (Å²) in [4.78, 5) is 24.1. The highest BCUT2D eigenvalue weighted by molar-refractivity contribution is 6.09. The largest absolute Gasteiger partial charge is 0.457 e. The van der Waals surface area contributed by atoms with Gasteiger partial charge >= 0.3 is 0 Å². The number of carbonyl (C=O) groups is 2. The van der Waals surface area contributed by atoms with Gasteiger partial charge in [-0.25, -0.2) is 0 Å². The van der Waals surface area contributed by atoms with Crippen molar-refractivity contribution >= 4 is 11.6 Å². The van der Waals surface area contributed by atoms with Crippen LogP contribution in [0.2, 0.25) is 0 Å². The Morgan fingerprint density at radius 1 is 0.533 bits per heavy atom. The first kappa shape index (κ1) is 19.3. The van der Waals surface area contributed by atoms with E-state index >= 15 is 0 Å². The highest BCUT2D eigenvalue weighted by atomic mass is 16.5. The van der Waals surface area contributed by atoms with E-state index in [1.807, 2.05) is 78.9 Å². The molecule has 0 aliphatic carbocycles. The molecule has 0 bridgehead atoms. The Morgan fingerprint density at radius 3 is 1.50 bits per heavy atom. The van der Waals surface area contributed by atoms with Gasteiger partial charge in [0.05, 0.1) is 0 Å². The maximum atomic E-state index is 12.7. The molecule has 4 aromatic carbocycles. The van der Waals surface area contributed by atoms with E-state index in [9.17, 15) is 9.59 Å². The maximum Gasteiger partial charge on any atom is 0.193 e. The molecule has 0 fully saturated rings. The number of Topliss-reactive ketones (excluding diaryl/α,β-unsaturated/α-hetero) is 1. The summed E-state index contributed by atoms with van der Waals surface area (Å²) in [5.41, 5.74) is 3.83. The molecule has 30 heavy (non-hydrogen) atoms. The monoisotopic (exact) mass is 392 g/mol. The van der Waals surface area contributed by atoms with Gasteiger partial charge in [-0.05, 0) is 42.3 Å². The standard InChI is InChI=1S/C27H20O3/c1-19(28)20-7-11-23(12-8-20)27(29)24-13-9-21(10-14-24)22-15-17-26(18-16-22)30-25-5-3-2-4-6-25/h2-18H,1H3. The summed E-state index contributed by atoms with van der Waals surface area (Å²) in [5.74, 6) is 1.48. The zero-order chi connectivity index (χ0) is 20.9. The lowest BCUT2D eigenvalue weighted by Crippen LogP contribution is -2.02. The van der Waals surface area contributed by atoms with Crippen LogP contribution in [0.25, 0.3) is 11.1 Å². The average Bonchev–Trinajstić information content (AvgIpc) is 2.80. The molecule has 0 aliphatic heterocycles. The van der Waals surface area contributed by atoms with Crippen LogP contribution < -0.4 is 4.74 Å². The average molecular weight is 392 g/mol. The smallest absolute Gasteiger partial charge is 0.193 e. The van der Waals surface area contributed by atoms with Crippen molar-refractivity contribution in [2.75, 3.05) is 0 Å². The summed E-state index contributed by atoms with van der Waals surface area (Å²) in [5, 5.41) is 0. The Balaban J connectivity index is 1.47. The minimum atomic E-state index is -0.0664. The van der Waals surface area contributed by atoms with Crippen LogP contribution in [0.4, 0.5) is 0 Å². The molecule has 0 unspecified atom stereocenters. The summed E-state index contributed by atoms with van der Waals surface area (Å²) in [6.07, 6.45) is 0. The van der Waals surface area contributed by atoms with Gasteiger partial charge in [0, 0.05) is 16.7 Å². The Hall–Kier alpha value is -3.98. The summed E-state index contributed by atoms with van der Waals surface area (Å²) < 4.78 is 5.83. The van der Waals surface area contributed by atoms with Gasteiger partial charge in [-0.2, -0.15) is 0 Å². The second-order valence-electron chi connectivity index (χ2n) is 6.98. The first-order chi connectivity index (χ1) is 14.6. The molecule has 3 heteroatoms. The summed E-state index contributed by atoms with van der Waals surface area (Å²) >= 11 is 0. The predicted octanol–water partition coefficient (Wildman–Crippen LogP) is 6.58. The van der Waals surface area contributed by atoms with E-state index < -0.39 is 0 Å². The SMILES string of the molecule is CC(=O)c1ccc(C(=O)c2ccc(-c3ccc(Oc4ccccc4)cc3)cc2)cc1. The molecule has 0 heterocycles. The molecule has 0 saturated heterocycles. The minimum absolute atomic E-state index is 0.0152. The van der Waals surface area contributed by atoms with Gasteiger partial charge in [-0.1, -0.05) is 78.9 Å². The fourth-order valence-corrected chi connectivity index (χ4v) is 3.18. The first-order valence-corrected chi connectivity index (χ1v) is 9.69. The number of benzene rings is 4. The molecule has 0 N–H and O–H groups in total. The van der Waals surface area contributed by atoms with E-state index in [2.05, 4.69) is 0 Å². The van der Waals surface area contributed by atoms with E-state index in [4.69, 9.17) is 4.74 Å². The van der Waals surface area contributed by atoms with Crippen molar-refractivity contribution < 1.29 is 14.3 Å². The van der Waals surface area contributed by atoms with E-state index in [1.54, 1.807) is 24.3 Å². The molecular formula is C27H20O3. The fourth-order valence-electron chi connectivity index (χ4n) is 3.18. The van der Waals surface area contributed by atoms with Crippen molar-refractivity contribution in [1.29, 1.82) is 0 Å². The van der Waals surface area contributed by atoms with E-state index in [1.165, 1.54) is 6.92 Å².